The number of thioether (sulfide) groups is 1. The molecule has 0 saturated carbocycles. The highest BCUT2D eigenvalue weighted by atomic mass is 35.5. The molecular weight excluding hydrogens is 489 g/mol. The number of anilines is 1. The summed E-state index contributed by atoms with van der Waals surface area (Å²) < 4.78 is 20.2. The van der Waals surface area contributed by atoms with E-state index in [1.54, 1.807) is 0 Å². The van der Waals surface area contributed by atoms with Crippen molar-refractivity contribution < 1.29 is 13.9 Å². The second-order valence-corrected chi connectivity index (χ2v) is 9.67. The lowest BCUT2D eigenvalue weighted by molar-refractivity contribution is -0.113. The van der Waals surface area contributed by atoms with Crippen molar-refractivity contribution in [2.75, 3.05) is 4.90 Å². The highest BCUT2D eigenvalue weighted by Gasteiger charge is 2.34. The highest BCUT2D eigenvalue weighted by molar-refractivity contribution is 8.27. The molecule has 7 heteroatoms. The Morgan fingerprint density at radius 2 is 1.76 bits per heavy atom. The molecule has 1 fully saturated rings. The molecule has 3 nitrogen and oxygen atoms in total. The van der Waals surface area contributed by atoms with Crippen molar-refractivity contribution in [1.29, 1.82) is 0 Å². The Morgan fingerprint density at radius 1 is 1.00 bits per heavy atom. The van der Waals surface area contributed by atoms with E-state index < -0.39 is 5.82 Å². The molecule has 168 valence electrons. The monoisotopic (exact) mass is 505 g/mol. The van der Waals surface area contributed by atoms with Crippen molar-refractivity contribution in [2.45, 2.75) is 6.61 Å². The summed E-state index contributed by atoms with van der Waals surface area (Å²) >= 11 is 12.6. The summed E-state index contributed by atoms with van der Waals surface area (Å²) in [7, 11) is 0. The van der Waals surface area contributed by atoms with Gasteiger partial charge in [0.25, 0.3) is 5.91 Å². The first kappa shape index (κ1) is 22.6. The van der Waals surface area contributed by atoms with Crippen molar-refractivity contribution in [1.82, 2.24) is 0 Å². The zero-order valence-electron chi connectivity index (χ0n) is 17.7. The van der Waals surface area contributed by atoms with Gasteiger partial charge in [0.1, 0.15) is 18.2 Å². The van der Waals surface area contributed by atoms with Gasteiger partial charge in [0.2, 0.25) is 0 Å². The SMILES string of the molecule is O=C1C(=Cc2c(OCc3ccccc3)ccc3ccccc23)SC(=S)N1c1ccc(F)c(Cl)c1. The van der Waals surface area contributed by atoms with Crippen LogP contribution in [0.3, 0.4) is 0 Å². The standard InChI is InChI=1S/C27H17ClFNO2S2/c28-22-14-19(11-12-23(22)29)30-26(31)25(34-27(30)33)15-21-20-9-5-4-8-18(20)10-13-24(21)32-16-17-6-2-1-3-7-17/h1-15H,16H2. The Morgan fingerprint density at radius 3 is 2.56 bits per heavy atom. The molecule has 1 heterocycles. The number of nitrogens with zero attached hydrogens (tertiary/aromatic N) is 1. The van der Waals surface area contributed by atoms with Crippen LogP contribution in [0.1, 0.15) is 11.1 Å². The first-order chi connectivity index (χ1) is 16.5. The summed E-state index contributed by atoms with van der Waals surface area (Å²) in [6.07, 6.45) is 1.81. The topological polar surface area (TPSA) is 29.5 Å². The van der Waals surface area contributed by atoms with Crippen LogP contribution >= 0.6 is 35.6 Å². The van der Waals surface area contributed by atoms with Crippen molar-refractivity contribution in [2.24, 2.45) is 0 Å². The number of rotatable bonds is 5. The fraction of sp³-hybridized carbons (Fsp3) is 0.0370. The number of amides is 1. The summed E-state index contributed by atoms with van der Waals surface area (Å²) in [6.45, 7) is 0.398. The van der Waals surface area contributed by atoms with Crippen molar-refractivity contribution in [3.05, 3.63) is 112 Å². The van der Waals surface area contributed by atoms with E-state index >= 15 is 0 Å². The predicted molar refractivity (Wildman–Crippen MR) is 142 cm³/mol. The predicted octanol–water partition coefficient (Wildman–Crippen LogP) is 7.62. The molecule has 5 rings (SSSR count). The van der Waals surface area contributed by atoms with Crippen LogP contribution < -0.4 is 9.64 Å². The molecule has 4 aromatic rings. The van der Waals surface area contributed by atoms with Crippen LogP contribution in [0.25, 0.3) is 16.8 Å². The summed E-state index contributed by atoms with van der Waals surface area (Å²) in [5, 5.41) is 1.92. The van der Waals surface area contributed by atoms with E-state index in [-0.39, 0.29) is 10.9 Å². The number of hydrogen-bond donors (Lipinski definition) is 0. The van der Waals surface area contributed by atoms with Gasteiger partial charge in [0.15, 0.2) is 4.32 Å². The van der Waals surface area contributed by atoms with Crippen LogP contribution in [-0.4, -0.2) is 10.2 Å². The lowest BCUT2D eigenvalue weighted by Gasteiger charge is -2.15. The minimum Gasteiger partial charge on any atom is -0.488 e. The third-order valence-corrected chi connectivity index (χ3v) is 6.99. The highest BCUT2D eigenvalue weighted by Crippen LogP contribution is 2.39. The Bertz CT molecular complexity index is 1460. The van der Waals surface area contributed by atoms with Gasteiger partial charge in [-0.15, -0.1) is 0 Å². The average molecular weight is 506 g/mol. The number of carbonyl (C=O) groups excluding carboxylic acids is 1. The van der Waals surface area contributed by atoms with Crippen molar-refractivity contribution in [3.8, 4) is 5.75 Å². The lowest BCUT2D eigenvalue weighted by atomic mass is 10.0. The van der Waals surface area contributed by atoms with E-state index in [0.29, 0.717) is 27.3 Å². The van der Waals surface area contributed by atoms with Crippen LogP contribution in [0.15, 0.2) is 89.8 Å². The van der Waals surface area contributed by atoms with Crippen LogP contribution in [0.4, 0.5) is 10.1 Å². The Hall–Kier alpha value is -3.19. The molecule has 0 radical (unpaired) electrons. The lowest BCUT2D eigenvalue weighted by Crippen LogP contribution is -2.27. The minimum absolute atomic E-state index is 0.0684. The molecule has 1 amide bonds. The maximum absolute atomic E-state index is 13.6. The summed E-state index contributed by atoms with van der Waals surface area (Å²) in [5.74, 6) is -0.181. The van der Waals surface area contributed by atoms with E-state index in [1.165, 1.54) is 34.9 Å². The van der Waals surface area contributed by atoms with Gasteiger partial charge in [0, 0.05) is 5.56 Å². The fourth-order valence-corrected chi connectivity index (χ4v) is 5.19. The summed E-state index contributed by atoms with van der Waals surface area (Å²) in [4.78, 5) is 15.1. The van der Waals surface area contributed by atoms with Gasteiger partial charge in [0.05, 0.1) is 15.6 Å². The number of ether oxygens (including phenoxy) is 1. The largest absolute Gasteiger partial charge is 0.488 e. The number of thiocarbonyl (C=S) groups is 1. The summed E-state index contributed by atoms with van der Waals surface area (Å²) in [5.41, 5.74) is 2.27. The molecule has 0 aliphatic carbocycles. The van der Waals surface area contributed by atoms with Crippen LogP contribution in [0, 0.1) is 5.82 Å². The third-order valence-electron chi connectivity index (χ3n) is 5.40. The van der Waals surface area contributed by atoms with E-state index in [1.807, 2.05) is 72.8 Å². The minimum atomic E-state index is -0.553. The molecule has 0 atom stereocenters. The van der Waals surface area contributed by atoms with Gasteiger partial charge in [-0.2, -0.15) is 0 Å². The number of halogens is 2. The number of fused-ring (bicyclic) bond motifs is 1. The van der Waals surface area contributed by atoms with Crippen molar-refractivity contribution >= 4 is 68.3 Å². The second-order valence-electron chi connectivity index (χ2n) is 7.59. The van der Waals surface area contributed by atoms with E-state index in [2.05, 4.69) is 0 Å². The number of hydrogen-bond acceptors (Lipinski definition) is 4. The quantitative estimate of drug-likeness (QED) is 0.206. The van der Waals surface area contributed by atoms with E-state index in [9.17, 15) is 9.18 Å². The maximum atomic E-state index is 13.6. The first-order valence-electron chi connectivity index (χ1n) is 10.4. The smallest absolute Gasteiger partial charge is 0.270 e. The molecule has 1 saturated heterocycles. The van der Waals surface area contributed by atoms with Crippen LogP contribution in [0.5, 0.6) is 5.75 Å². The molecule has 0 bridgehead atoms. The van der Waals surface area contributed by atoms with Crippen molar-refractivity contribution in [3.63, 3.8) is 0 Å². The van der Waals surface area contributed by atoms with E-state index in [0.717, 1.165) is 21.9 Å². The number of carbonyl (C=O) groups is 1. The molecule has 0 unspecified atom stereocenters. The normalized spacial score (nSPS) is 14.9. The third kappa shape index (κ3) is 4.44. The molecule has 34 heavy (non-hydrogen) atoms. The van der Waals surface area contributed by atoms with Gasteiger partial charge in [-0.25, -0.2) is 4.39 Å². The Labute approximate surface area is 210 Å². The second kappa shape index (κ2) is 9.58. The molecular formula is C27H17ClFNO2S2. The zero-order chi connectivity index (χ0) is 23.7. The molecule has 0 N–H and O–H groups in total. The molecule has 4 aromatic carbocycles. The van der Waals surface area contributed by atoms with Gasteiger partial charge >= 0.3 is 0 Å². The number of benzene rings is 4. The molecule has 1 aliphatic rings. The molecule has 0 spiro atoms. The van der Waals surface area contributed by atoms with Crippen LogP contribution in [0.2, 0.25) is 5.02 Å². The van der Waals surface area contributed by atoms with Gasteiger partial charge in [-0.1, -0.05) is 96.2 Å². The average Bonchev–Trinajstić information content (AvgIpc) is 3.13. The molecule has 0 aromatic heterocycles. The zero-order valence-corrected chi connectivity index (χ0v) is 20.1. The Kier molecular flexibility index (Phi) is 6.37. The summed E-state index contributed by atoms with van der Waals surface area (Å²) in [6, 6.07) is 25.8. The first-order valence-corrected chi connectivity index (χ1v) is 12.0. The molecule has 1 aliphatic heterocycles. The van der Waals surface area contributed by atoms with E-state index in [4.69, 9.17) is 28.6 Å². The fourth-order valence-electron chi connectivity index (χ4n) is 3.73. The van der Waals surface area contributed by atoms with Gasteiger partial charge in [-0.3, -0.25) is 9.69 Å². The maximum Gasteiger partial charge on any atom is 0.270 e. The Balaban J connectivity index is 1.54. The van der Waals surface area contributed by atoms with Gasteiger partial charge in [-0.05, 0) is 46.7 Å². The van der Waals surface area contributed by atoms with Gasteiger partial charge < -0.3 is 4.74 Å². The van der Waals surface area contributed by atoms with Crippen LogP contribution in [-0.2, 0) is 11.4 Å².